The quantitative estimate of drug-likeness (QED) is 0.772. The van der Waals surface area contributed by atoms with Crippen LogP contribution in [0.5, 0.6) is 0 Å². The molecule has 2 aliphatic carbocycles. The Balaban J connectivity index is 1.61. The monoisotopic (exact) mass is 222 g/mol. The summed E-state index contributed by atoms with van der Waals surface area (Å²) in [5, 5.41) is 3.84. The zero-order valence-electron chi connectivity index (χ0n) is 10.7. The Labute approximate surface area is 99.8 Å². The van der Waals surface area contributed by atoms with Gasteiger partial charge >= 0.3 is 0 Å². The van der Waals surface area contributed by atoms with E-state index in [-0.39, 0.29) is 0 Å². The van der Waals surface area contributed by atoms with Crippen LogP contribution in [-0.4, -0.2) is 36.1 Å². The number of hydrogen-bond acceptors (Lipinski definition) is 2. The first-order chi connectivity index (χ1) is 7.77. The van der Waals surface area contributed by atoms with Crippen molar-refractivity contribution in [2.75, 3.05) is 19.6 Å². The van der Waals surface area contributed by atoms with Gasteiger partial charge in [0, 0.05) is 31.2 Å². The van der Waals surface area contributed by atoms with Crippen LogP contribution < -0.4 is 5.32 Å². The summed E-state index contributed by atoms with van der Waals surface area (Å²) >= 11 is 0. The molecule has 3 rings (SSSR count). The molecule has 2 heteroatoms. The molecular formula is C14H26N2. The highest BCUT2D eigenvalue weighted by Gasteiger charge is 2.40. The van der Waals surface area contributed by atoms with Crippen LogP contribution in [0.25, 0.3) is 0 Å². The molecule has 3 aliphatic rings. The van der Waals surface area contributed by atoms with E-state index in [2.05, 4.69) is 17.1 Å². The van der Waals surface area contributed by atoms with Gasteiger partial charge in [-0.3, -0.25) is 4.90 Å². The van der Waals surface area contributed by atoms with E-state index in [1.54, 1.807) is 0 Å². The Morgan fingerprint density at radius 1 is 1.19 bits per heavy atom. The average molecular weight is 222 g/mol. The highest BCUT2D eigenvalue weighted by Crippen LogP contribution is 2.35. The summed E-state index contributed by atoms with van der Waals surface area (Å²) in [6, 6.07) is 0.756. The zero-order valence-corrected chi connectivity index (χ0v) is 10.7. The summed E-state index contributed by atoms with van der Waals surface area (Å²) in [7, 11) is 0. The van der Waals surface area contributed by atoms with E-state index in [1.165, 1.54) is 64.6 Å². The summed E-state index contributed by atoms with van der Waals surface area (Å²) < 4.78 is 0. The SMILES string of the molecule is CC1CNC2(CCCC2)CN1CC1CCC1. The maximum Gasteiger partial charge on any atom is 0.0309 e. The third kappa shape index (κ3) is 2.02. The molecule has 2 nitrogen and oxygen atoms in total. The van der Waals surface area contributed by atoms with Crippen LogP contribution in [0.1, 0.15) is 51.9 Å². The second-order valence-corrected chi connectivity index (χ2v) is 6.44. The molecule has 0 aromatic heterocycles. The van der Waals surface area contributed by atoms with Crippen molar-refractivity contribution in [1.82, 2.24) is 10.2 Å². The predicted molar refractivity (Wildman–Crippen MR) is 67.6 cm³/mol. The van der Waals surface area contributed by atoms with Gasteiger partial charge in [0.25, 0.3) is 0 Å². The first-order valence-electron chi connectivity index (χ1n) is 7.27. The maximum atomic E-state index is 3.84. The van der Waals surface area contributed by atoms with Gasteiger partial charge in [0.05, 0.1) is 0 Å². The van der Waals surface area contributed by atoms with Crippen LogP contribution in [0.2, 0.25) is 0 Å². The first kappa shape index (κ1) is 11.0. The zero-order chi connectivity index (χ0) is 11.0. The molecule has 92 valence electrons. The number of nitrogens with zero attached hydrogens (tertiary/aromatic N) is 1. The number of nitrogens with one attached hydrogen (secondary N) is 1. The highest BCUT2D eigenvalue weighted by molar-refractivity contribution is 5.00. The van der Waals surface area contributed by atoms with Gasteiger partial charge in [-0.15, -0.1) is 0 Å². The molecule has 0 bridgehead atoms. The largest absolute Gasteiger partial charge is 0.308 e. The van der Waals surface area contributed by atoms with E-state index in [1.807, 2.05) is 0 Å². The second-order valence-electron chi connectivity index (χ2n) is 6.44. The van der Waals surface area contributed by atoms with Gasteiger partial charge in [-0.25, -0.2) is 0 Å². The Morgan fingerprint density at radius 3 is 2.56 bits per heavy atom. The smallest absolute Gasteiger partial charge is 0.0309 e. The summed E-state index contributed by atoms with van der Waals surface area (Å²) in [5.74, 6) is 1.03. The van der Waals surface area contributed by atoms with Crippen LogP contribution >= 0.6 is 0 Å². The van der Waals surface area contributed by atoms with Gasteiger partial charge in [-0.1, -0.05) is 19.3 Å². The minimum Gasteiger partial charge on any atom is -0.308 e. The lowest BCUT2D eigenvalue weighted by Crippen LogP contribution is -2.63. The molecular weight excluding hydrogens is 196 g/mol. The molecule has 1 saturated heterocycles. The Bertz CT molecular complexity index is 241. The van der Waals surface area contributed by atoms with Crippen molar-refractivity contribution < 1.29 is 0 Å². The third-order valence-corrected chi connectivity index (χ3v) is 5.18. The first-order valence-corrected chi connectivity index (χ1v) is 7.27. The maximum absolute atomic E-state index is 3.84. The van der Waals surface area contributed by atoms with Crippen molar-refractivity contribution >= 4 is 0 Å². The van der Waals surface area contributed by atoms with Gasteiger partial charge in [0.15, 0.2) is 0 Å². The van der Waals surface area contributed by atoms with Crippen molar-refractivity contribution in [3.8, 4) is 0 Å². The molecule has 0 aromatic carbocycles. The van der Waals surface area contributed by atoms with Gasteiger partial charge in [0.1, 0.15) is 0 Å². The fourth-order valence-corrected chi connectivity index (χ4v) is 3.73. The minimum atomic E-state index is 0.510. The van der Waals surface area contributed by atoms with Crippen LogP contribution in [0.4, 0.5) is 0 Å². The molecule has 2 saturated carbocycles. The van der Waals surface area contributed by atoms with Crippen LogP contribution in [0.15, 0.2) is 0 Å². The summed E-state index contributed by atoms with van der Waals surface area (Å²) in [4.78, 5) is 2.78. The number of piperazine rings is 1. The summed E-state index contributed by atoms with van der Waals surface area (Å²) in [6.07, 6.45) is 10.2. The van der Waals surface area contributed by atoms with Crippen molar-refractivity contribution in [3.63, 3.8) is 0 Å². The Kier molecular flexibility index (Phi) is 2.97. The van der Waals surface area contributed by atoms with Gasteiger partial charge in [-0.2, -0.15) is 0 Å². The van der Waals surface area contributed by atoms with Crippen LogP contribution in [-0.2, 0) is 0 Å². The fraction of sp³-hybridized carbons (Fsp3) is 1.00. The molecule has 3 fully saturated rings. The van der Waals surface area contributed by atoms with Crippen molar-refractivity contribution in [1.29, 1.82) is 0 Å². The lowest BCUT2D eigenvalue weighted by atomic mass is 9.83. The van der Waals surface area contributed by atoms with Gasteiger partial charge < -0.3 is 5.32 Å². The Morgan fingerprint density at radius 2 is 1.94 bits per heavy atom. The van der Waals surface area contributed by atoms with E-state index in [4.69, 9.17) is 0 Å². The molecule has 0 aromatic rings. The van der Waals surface area contributed by atoms with Crippen LogP contribution in [0, 0.1) is 5.92 Å². The topological polar surface area (TPSA) is 15.3 Å². The standard InChI is InChI=1S/C14H26N2/c1-12-9-15-14(7-2-3-8-14)11-16(12)10-13-5-4-6-13/h12-13,15H,2-11H2,1H3. The van der Waals surface area contributed by atoms with E-state index in [0.717, 1.165) is 12.0 Å². The molecule has 1 heterocycles. The molecule has 1 unspecified atom stereocenters. The van der Waals surface area contributed by atoms with Gasteiger partial charge in [0.2, 0.25) is 0 Å². The van der Waals surface area contributed by atoms with Gasteiger partial charge in [-0.05, 0) is 38.5 Å². The second kappa shape index (κ2) is 4.30. The van der Waals surface area contributed by atoms with E-state index in [9.17, 15) is 0 Å². The number of hydrogen-bond donors (Lipinski definition) is 1. The third-order valence-electron chi connectivity index (χ3n) is 5.18. The van der Waals surface area contributed by atoms with Crippen molar-refractivity contribution in [2.45, 2.75) is 63.5 Å². The molecule has 1 atom stereocenters. The van der Waals surface area contributed by atoms with E-state index in [0.29, 0.717) is 5.54 Å². The molecule has 0 radical (unpaired) electrons. The normalized spacial score (nSPS) is 35.4. The predicted octanol–water partition coefficient (Wildman–Crippen LogP) is 2.39. The summed E-state index contributed by atoms with van der Waals surface area (Å²) in [6.45, 7) is 6.31. The van der Waals surface area contributed by atoms with Crippen molar-refractivity contribution in [3.05, 3.63) is 0 Å². The lowest BCUT2D eigenvalue weighted by molar-refractivity contribution is 0.0600. The van der Waals surface area contributed by atoms with E-state index < -0.39 is 0 Å². The molecule has 0 amide bonds. The molecule has 1 N–H and O–H groups in total. The summed E-state index contributed by atoms with van der Waals surface area (Å²) in [5.41, 5.74) is 0.510. The van der Waals surface area contributed by atoms with Crippen LogP contribution in [0.3, 0.4) is 0 Å². The molecule has 1 aliphatic heterocycles. The lowest BCUT2D eigenvalue weighted by Gasteiger charge is -2.47. The van der Waals surface area contributed by atoms with E-state index >= 15 is 0 Å². The average Bonchev–Trinajstić information content (AvgIpc) is 2.66. The number of rotatable bonds is 2. The minimum absolute atomic E-state index is 0.510. The van der Waals surface area contributed by atoms with Crippen molar-refractivity contribution in [2.24, 2.45) is 5.92 Å². The Hall–Kier alpha value is -0.0800. The molecule has 1 spiro atoms. The highest BCUT2D eigenvalue weighted by atomic mass is 15.3. The molecule has 16 heavy (non-hydrogen) atoms. The fourth-order valence-electron chi connectivity index (χ4n) is 3.73.